The van der Waals surface area contributed by atoms with Gasteiger partial charge in [-0.05, 0) is 54.5 Å². The fraction of sp³-hybridized carbons (Fsp3) is 0.179. The molecule has 0 bridgehead atoms. The highest BCUT2D eigenvalue weighted by molar-refractivity contribution is 5.98. The van der Waals surface area contributed by atoms with Gasteiger partial charge in [-0.25, -0.2) is 4.98 Å². The van der Waals surface area contributed by atoms with Crippen molar-refractivity contribution in [2.75, 3.05) is 0 Å². The van der Waals surface area contributed by atoms with Gasteiger partial charge in [0.05, 0.1) is 23.5 Å². The quantitative estimate of drug-likeness (QED) is 0.149. The molecule has 5 nitrogen and oxygen atoms in total. The van der Waals surface area contributed by atoms with E-state index in [0.29, 0.717) is 25.0 Å². The first-order valence-electron chi connectivity index (χ1n) is 15.2. The molecule has 6 aromatic rings. The number of aliphatic hydroxyl groups is 1. The van der Waals surface area contributed by atoms with Crippen LogP contribution in [0.1, 0.15) is 56.7 Å². The van der Waals surface area contributed by atoms with Crippen molar-refractivity contribution in [1.29, 1.82) is 0 Å². The first kappa shape index (κ1) is 27.8. The Morgan fingerprint density at radius 2 is 1.43 bits per heavy atom. The number of hydrogen-bond donors (Lipinski definition) is 1. The fourth-order valence-corrected chi connectivity index (χ4v) is 7.32. The zero-order valence-corrected chi connectivity index (χ0v) is 24.8. The average Bonchev–Trinajstić information content (AvgIpc) is 3.61. The molecule has 0 aliphatic carbocycles. The lowest BCUT2D eigenvalue weighted by atomic mass is 9.76. The van der Waals surface area contributed by atoms with E-state index in [2.05, 4.69) is 90.0 Å². The van der Waals surface area contributed by atoms with Gasteiger partial charge < -0.3 is 9.67 Å². The minimum Gasteiger partial charge on any atom is -0.386 e. The molecule has 1 N–H and O–H groups in total. The Kier molecular flexibility index (Phi) is 7.11. The molecule has 5 heteroatoms. The maximum atomic E-state index is 14.2. The second-order valence-electron chi connectivity index (χ2n) is 11.6. The normalized spacial score (nSPS) is 15.7. The molecular formula is C39H35N3O2. The molecule has 7 rings (SSSR count). The average molecular weight is 578 g/mol. The summed E-state index contributed by atoms with van der Waals surface area (Å²) in [5.41, 5.74) is 6.88. The highest BCUT2D eigenvalue weighted by Crippen LogP contribution is 2.44. The molecule has 218 valence electrons. The Morgan fingerprint density at radius 1 is 0.886 bits per heavy atom. The number of nitrogens with zero attached hydrogens (tertiary/aromatic N) is 3. The van der Waals surface area contributed by atoms with E-state index in [4.69, 9.17) is 4.98 Å². The van der Waals surface area contributed by atoms with Gasteiger partial charge in [-0.1, -0.05) is 115 Å². The van der Waals surface area contributed by atoms with Crippen LogP contribution in [0.15, 0.2) is 134 Å². The largest absolute Gasteiger partial charge is 0.386 e. The van der Waals surface area contributed by atoms with Crippen LogP contribution in [0.2, 0.25) is 0 Å². The van der Waals surface area contributed by atoms with Gasteiger partial charge in [0, 0.05) is 16.8 Å². The number of para-hydroxylation sites is 1. The van der Waals surface area contributed by atoms with Gasteiger partial charge in [-0.15, -0.1) is 6.58 Å². The minimum absolute atomic E-state index is 0.0837. The van der Waals surface area contributed by atoms with Gasteiger partial charge in [-0.2, -0.15) is 0 Å². The van der Waals surface area contributed by atoms with E-state index >= 15 is 0 Å². The van der Waals surface area contributed by atoms with Crippen molar-refractivity contribution in [3.8, 4) is 0 Å². The molecular weight excluding hydrogens is 542 g/mol. The van der Waals surface area contributed by atoms with Crippen molar-refractivity contribution in [3.63, 3.8) is 0 Å². The number of aliphatic hydroxyl groups excluding tert-OH is 1. The Hall–Kier alpha value is -5.00. The van der Waals surface area contributed by atoms with Crippen molar-refractivity contribution < 1.29 is 9.90 Å². The Morgan fingerprint density at radius 3 is 2.00 bits per heavy atom. The third-order valence-corrected chi connectivity index (χ3v) is 9.31. The molecule has 1 aliphatic rings. The van der Waals surface area contributed by atoms with Crippen LogP contribution < -0.4 is 0 Å². The Balaban J connectivity index is 1.37. The number of imidazole rings is 1. The van der Waals surface area contributed by atoms with Crippen LogP contribution in [0.5, 0.6) is 0 Å². The summed E-state index contributed by atoms with van der Waals surface area (Å²) in [5.74, 6) is -0.698. The van der Waals surface area contributed by atoms with Crippen molar-refractivity contribution in [2.45, 2.75) is 37.8 Å². The molecule has 0 radical (unpaired) electrons. The summed E-state index contributed by atoms with van der Waals surface area (Å²) < 4.78 is 4.00. The second-order valence-corrected chi connectivity index (χ2v) is 11.6. The van der Waals surface area contributed by atoms with Gasteiger partial charge in [0.2, 0.25) is 5.91 Å². The molecule has 0 fully saturated rings. The Labute approximate surface area is 257 Å². The molecule has 0 saturated heterocycles. The predicted molar refractivity (Wildman–Crippen MR) is 175 cm³/mol. The molecule has 2 atom stereocenters. The second kappa shape index (κ2) is 11.3. The lowest BCUT2D eigenvalue weighted by Gasteiger charge is -2.38. The number of hydrogen-bond acceptors (Lipinski definition) is 3. The fourth-order valence-electron chi connectivity index (χ4n) is 7.32. The number of allylic oxidation sites excluding steroid dienone is 1. The first-order valence-corrected chi connectivity index (χ1v) is 15.2. The number of benzene rings is 4. The van der Waals surface area contributed by atoms with E-state index < -0.39 is 17.6 Å². The standard InChI is InChI=1S/C39H35N3O2/c1-3-15-31-32-22-13-14-23-34(32)42-35(31)25-24-33(38(42)44)37(43)36-27(2)41(26-40-36)39(28-16-7-4-8-17-28,29-18-9-5-10-19-29)30-20-11-6-12-21-30/h3-14,16-23,26,33,37,43H,1,15,24-25H2,2H3. The summed E-state index contributed by atoms with van der Waals surface area (Å²) in [4.78, 5) is 19.0. The maximum absolute atomic E-state index is 14.2. The van der Waals surface area contributed by atoms with Gasteiger partial charge in [0.15, 0.2) is 0 Å². The minimum atomic E-state index is -1.05. The number of fused-ring (bicyclic) bond motifs is 3. The number of rotatable bonds is 8. The van der Waals surface area contributed by atoms with Crippen molar-refractivity contribution >= 4 is 16.8 Å². The third-order valence-electron chi connectivity index (χ3n) is 9.31. The molecule has 1 aliphatic heterocycles. The third kappa shape index (κ3) is 4.19. The van der Waals surface area contributed by atoms with Crippen LogP contribution in [0.3, 0.4) is 0 Å². The highest BCUT2D eigenvalue weighted by Gasteiger charge is 2.42. The summed E-state index contributed by atoms with van der Waals surface area (Å²) in [6.07, 6.45) is 4.62. The van der Waals surface area contributed by atoms with E-state index in [0.717, 1.165) is 44.5 Å². The smallest absolute Gasteiger partial charge is 0.237 e. The topological polar surface area (TPSA) is 60.1 Å². The van der Waals surface area contributed by atoms with Gasteiger partial charge in [0.25, 0.3) is 0 Å². The van der Waals surface area contributed by atoms with E-state index in [9.17, 15) is 9.90 Å². The van der Waals surface area contributed by atoms with Crippen LogP contribution in [-0.4, -0.2) is 25.1 Å². The zero-order chi connectivity index (χ0) is 30.3. The van der Waals surface area contributed by atoms with E-state index in [-0.39, 0.29) is 5.91 Å². The lowest BCUT2D eigenvalue weighted by molar-refractivity contribution is 0.0529. The highest BCUT2D eigenvalue weighted by atomic mass is 16.3. The van der Waals surface area contributed by atoms with Crippen molar-refractivity contribution in [1.82, 2.24) is 14.1 Å². The summed E-state index contributed by atoms with van der Waals surface area (Å²) >= 11 is 0. The van der Waals surface area contributed by atoms with E-state index in [1.54, 1.807) is 0 Å². The monoisotopic (exact) mass is 577 g/mol. The van der Waals surface area contributed by atoms with Gasteiger partial charge in [-0.3, -0.25) is 9.36 Å². The number of carbonyl (C=O) groups is 1. The molecule has 2 unspecified atom stereocenters. The number of aromatic nitrogens is 3. The molecule has 44 heavy (non-hydrogen) atoms. The Bertz CT molecular complexity index is 1860. The summed E-state index contributed by atoms with van der Waals surface area (Å²) in [6, 6.07) is 39.3. The van der Waals surface area contributed by atoms with Crippen LogP contribution in [-0.2, 0) is 18.4 Å². The van der Waals surface area contributed by atoms with Crippen LogP contribution in [0.25, 0.3) is 10.9 Å². The van der Waals surface area contributed by atoms with E-state index in [1.165, 1.54) is 0 Å². The SMILES string of the molecule is C=CCc1c2n(c3ccccc13)C(=O)C(C(O)c1ncn(C(c3ccccc3)(c3ccccc3)c3ccccc3)c1C)CC2. The van der Waals surface area contributed by atoms with Crippen LogP contribution in [0, 0.1) is 12.8 Å². The molecule has 0 amide bonds. The number of carbonyl (C=O) groups excluding carboxylic acids is 1. The predicted octanol–water partition coefficient (Wildman–Crippen LogP) is 7.65. The molecule has 2 aromatic heterocycles. The summed E-state index contributed by atoms with van der Waals surface area (Å²) in [6.45, 7) is 5.95. The molecule has 0 spiro atoms. The summed E-state index contributed by atoms with van der Waals surface area (Å²) in [5, 5.41) is 13.0. The van der Waals surface area contributed by atoms with Crippen LogP contribution >= 0.6 is 0 Å². The molecule has 3 heterocycles. The maximum Gasteiger partial charge on any atom is 0.237 e. The lowest BCUT2D eigenvalue weighted by Crippen LogP contribution is -2.38. The zero-order valence-electron chi connectivity index (χ0n) is 24.8. The molecule has 0 saturated carbocycles. The first-order chi connectivity index (χ1) is 21.6. The van der Waals surface area contributed by atoms with E-state index in [1.807, 2.05) is 60.3 Å². The van der Waals surface area contributed by atoms with Crippen LogP contribution in [0.4, 0.5) is 0 Å². The van der Waals surface area contributed by atoms with Crippen molar-refractivity contribution in [2.24, 2.45) is 5.92 Å². The summed E-state index contributed by atoms with van der Waals surface area (Å²) in [7, 11) is 0. The van der Waals surface area contributed by atoms with Gasteiger partial charge >= 0.3 is 0 Å². The van der Waals surface area contributed by atoms with Gasteiger partial charge in [0.1, 0.15) is 11.6 Å². The van der Waals surface area contributed by atoms with Crippen molar-refractivity contribution in [3.05, 3.63) is 174 Å². The molecule has 4 aromatic carbocycles.